The predicted molar refractivity (Wildman–Crippen MR) is 161 cm³/mol. The molecule has 0 radical (unpaired) electrons. The molecule has 0 aliphatic carbocycles. The number of aliphatic hydroxyl groups is 1. The summed E-state index contributed by atoms with van der Waals surface area (Å²) >= 11 is 6.74. The van der Waals surface area contributed by atoms with Crippen LogP contribution in [0.2, 0.25) is 30.7 Å². The lowest BCUT2D eigenvalue weighted by molar-refractivity contribution is -0.184. The summed E-state index contributed by atoms with van der Waals surface area (Å²) in [5.74, 6) is 0. The molecule has 10 heteroatoms. The van der Waals surface area contributed by atoms with E-state index in [-0.39, 0.29) is 13.2 Å². The van der Waals surface area contributed by atoms with Crippen molar-refractivity contribution in [3.63, 3.8) is 0 Å². The van der Waals surface area contributed by atoms with Crippen molar-refractivity contribution in [2.45, 2.75) is 57.4 Å². The van der Waals surface area contributed by atoms with E-state index in [1.807, 2.05) is 6.20 Å². The van der Waals surface area contributed by atoms with Crippen LogP contribution in [0.3, 0.4) is 0 Å². The summed E-state index contributed by atoms with van der Waals surface area (Å²) in [5, 5.41) is 16.7. The minimum absolute atomic E-state index is 0.265. The quantitative estimate of drug-likeness (QED) is 0.193. The second-order valence-electron chi connectivity index (χ2n) is 12.4. The third-order valence-corrected chi connectivity index (χ3v) is 9.93. The second kappa shape index (κ2) is 11.0. The molecule has 2 saturated heterocycles. The van der Waals surface area contributed by atoms with Crippen molar-refractivity contribution >= 4 is 30.7 Å². The number of nitrogens with zero attached hydrogens (tertiary/aromatic N) is 5. The van der Waals surface area contributed by atoms with Gasteiger partial charge in [0.1, 0.15) is 18.0 Å². The topological polar surface area (TPSA) is 77.6 Å². The number of halogens is 1. The number of hydrogen-bond donors (Lipinski definition) is 1. The van der Waals surface area contributed by atoms with Gasteiger partial charge in [-0.25, -0.2) is 9.67 Å². The Morgan fingerprint density at radius 3 is 2.52 bits per heavy atom. The van der Waals surface area contributed by atoms with Gasteiger partial charge in [0.15, 0.2) is 0 Å². The summed E-state index contributed by atoms with van der Waals surface area (Å²) in [4.78, 5) is 7.27. The molecule has 0 atom stereocenters. The molecule has 8 nitrogen and oxygen atoms in total. The smallest absolute Gasteiger partial charge is 0.144 e. The van der Waals surface area contributed by atoms with E-state index >= 15 is 0 Å². The van der Waals surface area contributed by atoms with Crippen molar-refractivity contribution < 1.29 is 14.6 Å². The van der Waals surface area contributed by atoms with Crippen molar-refractivity contribution in [3.8, 4) is 16.9 Å². The van der Waals surface area contributed by atoms with Crippen molar-refractivity contribution in [1.29, 1.82) is 0 Å². The van der Waals surface area contributed by atoms with Crippen LogP contribution in [0.5, 0.6) is 0 Å². The molecule has 40 heavy (non-hydrogen) atoms. The van der Waals surface area contributed by atoms with Gasteiger partial charge in [0.25, 0.3) is 0 Å². The van der Waals surface area contributed by atoms with Crippen LogP contribution >= 0.6 is 11.6 Å². The van der Waals surface area contributed by atoms with Gasteiger partial charge in [0, 0.05) is 38.4 Å². The van der Waals surface area contributed by atoms with E-state index in [0.717, 1.165) is 40.6 Å². The van der Waals surface area contributed by atoms with Crippen LogP contribution in [-0.4, -0.2) is 70.3 Å². The van der Waals surface area contributed by atoms with Crippen LogP contribution in [0, 0.1) is 0 Å². The molecule has 2 aliphatic rings. The number of aromatic nitrogens is 4. The Morgan fingerprint density at radius 1 is 1.10 bits per heavy atom. The molecule has 0 amide bonds. The fourth-order valence-corrected chi connectivity index (χ4v) is 6.42. The lowest BCUT2D eigenvalue weighted by Gasteiger charge is -2.35. The Labute approximate surface area is 241 Å². The molecule has 1 aromatic carbocycles. The molecule has 0 bridgehead atoms. The zero-order valence-electron chi connectivity index (χ0n) is 23.6. The monoisotopic (exact) mass is 579 g/mol. The Balaban J connectivity index is 1.37. The van der Waals surface area contributed by atoms with Crippen LogP contribution in [0.1, 0.15) is 24.0 Å². The van der Waals surface area contributed by atoms with Gasteiger partial charge in [-0.1, -0.05) is 55.5 Å². The molecule has 2 aliphatic heterocycles. The van der Waals surface area contributed by atoms with Crippen LogP contribution in [0.4, 0.5) is 0 Å². The lowest BCUT2D eigenvalue weighted by atomic mass is 9.95. The molecule has 4 aromatic rings. The second-order valence-corrected chi connectivity index (χ2v) is 18.4. The van der Waals surface area contributed by atoms with Gasteiger partial charge in [0.05, 0.1) is 42.0 Å². The molecular formula is C30H38ClN5O3Si. The maximum atomic E-state index is 10.8. The highest BCUT2D eigenvalue weighted by molar-refractivity contribution is 6.76. The minimum atomic E-state index is -1.22. The highest BCUT2D eigenvalue weighted by Gasteiger charge is 2.39. The largest absolute Gasteiger partial charge is 0.380 e. The van der Waals surface area contributed by atoms with E-state index in [0.29, 0.717) is 23.9 Å². The van der Waals surface area contributed by atoms with E-state index in [1.54, 1.807) is 17.1 Å². The first-order valence-electron chi connectivity index (χ1n) is 14.1. The zero-order valence-corrected chi connectivity index (χ0v) is 25.3. The van der Waals surface area contributed by atoms with E-state index < -0.39 is 13.7 Å². The van der Waals surface area contributed by atoms with Gasteiger partial charge in [-0.15, -0.1) is 0 Å². The van der Waals surface area contributed by atoms with Crippen LogP contribution in [-0.2, 0) is 28.4 Å². The van der Waals surface area contributed by atoms with Crippen molar-refractivity contribution in [1.82, 2.24) is 24.2 Å². The molecule has 0 unspecified atom stereocenters. The Kier molecular flexibility index (Phi) is 7.62. The first-order valence-corrected chi connectivity index (χ1v) is 18.2. The minimum Gasteiger partial charge on any atom is -0.380 e. The summed E-state index contributed by atoms with van der Waals surface area (Å²) in [6, 6.07) is 12.1. The van der Waals surface area contributed by atoms with E-state index in [2.05, 4.69) is 64.5 Å². The molecular weight excluding hydrogens is 542 g/mol. The number of benzene rings is 1. The van der Waals surface area contributed by atoms with E-state index in [9.17, 15) is 5.11 Å². The van der Waals surface area contributed by atoms with Crippen LogP contribution in [0.25, 0.3) is 28.0 Å². The standard InChI is InChI=1S/C30H38ClN5O3Si/c1-40(2,3)13-12-38-21-35-27(23-8-6-22(7-9-23)17-34-10-4-5-11-34)14-25-28(26(31)16-32-29(25)35)36-18-24(15-33-36)30(37)19-39-20-30/h6-9,14-16,18,37H,4-5,10-13,17,19-21H2,1-3H3. The average Bonchev–Trinajstić information content (AvgIpc) is 3.66. The molecule has 2 fully saturated rings. The van der Waals surface area contributed by atoms with Gasteiger partial charge >= 0.3 is 0 Å². The van der Waals surface area contributed by atoms with E-state index in [1.165, 1.54) is 31.5 Å². The van der Waals surface area contributed by atoms with Crippen molar-refractivity contribution in [3.05, 3.63) is 65.1 Å². The predicted octanol–water partition coefficient (Wildman–Crippen LogP) is 5.67. The van der Waals surface area contributed by atoms with Crippen molar-refractivity contribution in [2.75, 3.05) is 32.9 Å². The molecule has 212 valence electrons. The van der Waals surface area contributed by atoms with Crippen LogP contribution < -0.4 is 0 Å². The van der Waals surface area contributed by atoms with Gasteiger partial charge in [0.2, 0.25) is 0 Å². The molecule has 0 saturated carbocycles. The van der Waals surface area contributed by atoms with Crippen LogP contribution in [0.15, 0.2) is 48.9 Å². The Hall–Kier alpha value is -2.53. The normalized spacial score (nSPS) is 17.5. The van der Waals surface area contributed by atoms with Gasteiger partial charge in [-0.2, -0.15) is 5.10 Å². The number of rotatable bonds is 10. The van der Waals surface area contributed by atoms with Gasteiger partial charge in [-0.3, -0.25) is 4.90 Å². The molecule has 3 aromatic heterocycles. The maximum Gasteiger partial charge on any atom is 0.144 e. The van der Waals surface area contributed by atoms with Gasteiger partial charge < -0.3 is 19.1 Å². The van der Waals surface area contributed by atoms with Crippen molar-refractivity contribution in [2.24, 2.45) is 0 Å². The third kappa shape index (κ3) is 5.64. The molecule has 1 N–H and O–H groups in total. The highest BCUT2D eigenvalue weighted by Crippen LogP contribution is 2.36. The summed E-state index contributed by atoms with van der Waals surface area (Å²) in [5.41, 5.74) is 4.66. The molecule has 0 spiro atoms. The Bertz CT molecular complexity index is 1480. The molecule has 6 rings (SSSR count). The first-order chi connectivity index (χ1) is 19.2. The Morgan fingerprint density at radius 2 is 1.85 bits per heavy atom. The average molecular weight is 580 g/mol. The highest BCUT2D eigenvalue weighted by atomic mass is 35.5. The number of pyridine rings is 1. The maximum absolute atomic E-state index is 10.8. The fraction of sp³-hybridized carbons (Fsp3) is 0.467. The summed E-state index contributed by atoms with van der Waals surface area (Å²) in [6.45, 7) is 12.1. The zero-order chi connectivity index (χ0) is 27.9. The number of ether oxygens (including phenoxy) is 2. The number of hydrogen-bond acceptors (Lipinski definition) is 6. The third-order valence-electron chi connectivity index (χ3n) is 7.95. The van der Waals surface area contributed by atoms with E-state index in [4.69, 9.17) is 26.1 Å². The van der Waals surface area contributed by atoms with Gasteiger partial charge in [-0.05, 0) is 49.2 Å². The summed E-state index contributed by atoms with van der Waals surface area (Å²) in [7, 11) is -1.22. The number of fused-ring (bicyclic) bond motifs is 1. The summed E-state index contributed by atoms with van der Waals surface area (Å²) in [6.07, 6.45) is 7.76. The summed E-state index contributed by atoms with van der Waals surface area (Å²) < 4.78 is 15.3. The fourth-order valence-electron chi connectivity index (χ4n) is 5.42. The molecule has 5 heterocycles. The lowest BCUT2D eigenvalue weighted by Crippen LogP contribution is -2.46. The first kappa shape index (κ1) is 27.6. The SMILES string of the molecule is C[Si](C)(C)CCOCn1c(-c2ccc(CN3CCCC3)cc2)cc2c(-n3cc(C4(O)COC4)cn3)c(Cl)cnc21. The number of likely N-dealkylation sites (tertiary alicyclic amines) is 1.